The second-order valence-electron chi connectivity index (χ2n) is 3.14. The van der Waals surface area contributed by atoms with E-state index in [1.165, 1.54) is 0 Å². The van der Waals surface area contributed by atoms with E-state index in [-0.39, 0.29) is 18.9 Å². The van der Waals surface area contributed by atoms with Gasteiger partial charge in [-0.15, -0.1) is 0 Å². The lowest BCUT2D eigenvalue weighted by Gasteiger charge is -1.94. The Bertz CT molecular complexity index is 503. The van der Waals surface area contributed by atoms with Crippen molar-refractivity contribution in [1.29, 1.82) is 0 Å². The van der Waals surface area contributed by atoms with Crippen molar-refractivity contribution in [2.24, 2.45) is 0 Å². The molecule has 2 rings (SSSR count). The van der Waals surface area contributed by atoms with Gasteiger partial charge >= 0.3 is 5.97 Å². The van der Waals surface area contributed by atoms with Gasteiger partial charge in [0, 0.05) is 0 Å². The fourth-order valence-corrected chi connectivity index (χ4v) is 1.37. The van der Waals surface area contributed by atoms with Crippen molar-refractivity contribution in [3.05, 3.63) is 29.7 Å². The van der Waals surface area contributed by atoms with Crippen molar-refractivity contribution >= 4 is 17.1 Å². The number of aliphatic hydroxyl groups is 1. The maximum atomic E-state index is 10.5. The zero-order valence-electron chi connectivity index (χ0n) is 7.80. The first kappa shape index (κ1) is 9.67. The number of oxazole rings is 1. The van der Waals surface area contributed by atoms with Gasteiger partial charge in [-0.1, -0.05) is 6.07 Å². The molecule has 0 amide bonds. The van der Waals surface area contributed by atoms with Crippen molar-refractivity contribution in [3.63, 3.8) is 0 Å². The first-order valence-corrected chi connectivity index (χ1v) is 4.40. The van der Waals surface area contributed by atoms with Crippen LogP contribution in [0.15, 0.2) is 22.6 Å². The summed E-state index contributed by atoms with van der Waals surface area (Å²) in [5.74, 6) is -0.655. The van der Waals surface area contributed by atoms with Gasteiger partial charge in [-0.05, 0) is 17.7 Å². The predicted octanol–water partition coefficient (Wildman–Crippen LogP) is 0.947. The average molecular weight is 207 g/mol. The molecule has 2 aromatic rings. The van der Waals surface area contributed by atoms with Crippen LogP contribution in [0.25, 0.3) is 11.1 Å². The Balaban J connectivity index is 2.41. The highest BCUT2D eigenvalue weighted by Gasteiger charge is 2.07. The maximum Gasteiger partial charge on any atom is 0.307 e. The Labute approximate surface area is 85.0 Å². The highest BCUT2D eigenvalue weighted by Crippen LogP contribution is 2.17. The topological polar surface area (TPSA) is 83.6 Å². The third-order valence-electron chi connectivity index (χ3n) is 1.99. The highest BCUT2D eigenvalue weighted by molar-refractivity contribution is 5.76. The summed E-state index contributed by atoms with van der Waals surface area (Å²) in [6, 6.07) is 4.97. The summed E-state index contributed by atoms with van der Waals surface area (Å²) >= 11 is 0. The van der Waals surface area contributed by atoms with E-state index in [0.29, 0.717) is 16.7 Å². The Morgan fingerprint density at radius 1 is 1.47 bits per heavy atom. The van der Waals surface area contributed by atoms with Crippen LogP contribution in [0.4, 0.5) is 0 Å². The molecule has 0 fully saturated rings. The van der Waals surface area contributed by atoms with Crippen LogP contribution in [0, 0.1) is 0 Å². The number of rotatable bonds is 3. The number of aliphatic hydroxyl groups excluding tert-OH is 1. The Hall–Kier alpha value is -1.88. The molecule has 1 aromatic heterocycles. The second-order valence-corrected chi connectivity index (χ2v) is 3.14. The van der Waals surface area contributed by atoms with Crippen molar-refractivity contribution < 1.29 is 19.4 Å². The van der Waals surface area contributed by atoms with E-state index in [1.54, 1.807) is 18.2 Å². The third kappa shape index (κ3) is 1.97. The Morgan fingerprint density at radius 2 is 2.27 bits per heavy atom. The normalized spacial score (nSPS) is 10.7. The van der Waals surface area contributed by atoms with Crippen molar-refractivity contribution in [2.75, 3.05) is 0 Å². The number of benzene rings is 1. The number of hydrogen-bond acceptors (Lipinski definition) is 4. The summed E-state index contributed by atoms with van der Waals surface area (Å²) in [6.45, 7) is -0.261. The highest BCUT2D eigenvalue weighted by atomic mass is 16.4. The summed E-state index contributed by atoms with van der Waals surface area (Å²) in [5, 5.41) is 17.4. The fraction of sp³-hybridized carbons (Fsp3) is 0.200. The molecule has 1 heterocycles. The molecular weight excluding hydrogens is 198 g/mol. The minimum atomic E-state index is -0.889. The van der Waals surface area contributed by atoms with E-state index >= 15 is 0 Å². The van der Waals surface area contributed by atoms with Crippen molar-refractivity contribution in [1.82, 2.24) is 4.98 Å². The first-order valence-electron chi connectivity index (χ1n) is 4.40. The molecule has 0 atom stereocenters. The molecule has 0 aliphatic carbocycles. The molecule has 0 saturated carbocycles. The molecule has 0 unspecified atom stereocenters. The predicted molar refractivity (Wildman–Crippen MR) is 51.3 cm³/mol. The van der Waals surface area contributed by atoms with Crippen LogP contribution in [-0.4, -0.2) is 21.2 Å². The smallest absolute Gasteiger partial charge is 0.307 e. The van der Waals surface area contributed by atoms with E-state index in [1.807, 2.05) is 0 Å². The summed E-state index contributed by atoms with van der Waals surface area (Å²) in [5.41, 5.74) is 1.78. The third-order valence-corrected chi connectivity index (χ3v) is 1.99. The minimum absolute atomic E-state index is 0.0444. The van der Waals surface area contributed by atoms with Gasteiger partial charge in [-0.3, -0.25) is 4.79 Å². The van der Waals surface area contributed by atoms with E-state index in [9.17, 15) is 4.79 Å². The van der Waals surface area contributed by atoms with Crippen LogP contribution in [0.5, 0.6) is 0 Å². The molecular formula is C10H9NO4. The maximum absolute atomic E-state index is 10.5. The van der Waals surface area contributed by atoms with Crippen molar-refractivity contribution in [2.45, 2.75) is 13.0 Å². The largest absolute Gasteiger partial charge is 0.481 e. The van der Waals surface area contributed by atoms with Crippen LogP contribution in [0.2, 0.25) is 0 Å². The fourth-order valence-electron chi connectivity index (χ4n) is 1.37. The van der Waals surface area contributed by atoms with Crippen LogP contribution >= 0.6 is 0 Å². The van der Waals surface area contributed by atoms with Crippen molar-refractivity contribution in [3.8, 4) is 0 Å². The first-order chi connectivity index (χ1) is 7.19. The average Bonchev–Trinajstić information content (AvgIpc) is 2.58. The minimum Gasteiger partial charge on any atom is -0.481 e. The molecule has 0 aliphatic heterocycles. The molecule has 5 nitrogen and oxygen atoms in total. The second kappa shape index (κ2) is 3.70. The monoisotopic (exact) mass is 207 g/mol. The lowest BCUT2D eigenvalue weighted by Crippen LogP contribution is -1.99. The molecule has 15 heavy (non-hydrogen) atoms. The summed E-state index contributed by atoms with van der Waals surface area (Å²) in [7, 11) is 0. The molecule has 78 valence electrons. The number of carboxylic acid groups (broad SMARTS) is 1. The standard InChI is InChI=1S/C10H9NO4/c12-5-9-11-7-3-6(4-10(13)14)1-2-8(7)15-9/h1-3,12H,4-5H2,(H,13,14). The zero-order valence-corrected chi connectivity index (χ0v) is 7.80. The molecule has 2 N–H and O–H groups in total. The number of aliphatic carboxylic acids is 1. The summed E-state index contributed by atoms with van der Waals surface area (Å²) in [4.78, 5) is 14.5. The van der Waals surface area contributed by atoms with E-state index in [2.05, 4.69) is 4.98 Å². The lowest BCUT2D eigenvalue weighted by atomic mass is 10.1. The number of aromatic nitrogens is 1. The molecule has 0 saturated heterocycles. The number of hydrogen-bond donors (Lipinski definition) is 2. The van der Waals surface area contributed by atoms with Crippen LogP contribution in [0.3, 0.4) is 0 Å². The lowest BCUT2D eigenvalue weighted by molar-refractivity contribution is -0.136. The number of carbonyl (C=O) groups is 1. The molecule has 1 aromatic carbocycles. The van der Waals surface area contributed by atoms with Gasteiger partial charge < -0.3 is 14.6 Å². The van der Waals surface area contributed by atoms with Gasteiger partial charge in [0.15, 0.2) is 5.58 Å². The van der Waals surface area contributed by atoms with E-state index < -0.39 is 5.97 Å². The van der Waals surface area contributed by atoms with Gasteiger partial charge in [0.05, 0.1) is 6.42 Å². The molecule has 0 spiro atoms. The van der Waals surface area contributed by atoms with Gasteiger partial charge in [-0.2, -0.15) is 0 Å². The quantitative estimate of drug-likeness (QED) is 0.782. The Morgan fingerprint density at radius 3 is 2.93 bits per heavy atom. The number of nitrogens with zero attached hydrogens (tertiary/aromatic N) is 1. The van der Waals surface area contributed by atoms with E-state index in [0.717, 1.165) is 0 Å². The van der Waals surface area contributed by atoms with Gasteiger partial charge in [0.2, 0.25) is 5.89 Å². The SMILES string of the molecule is O=C(O)Cc1ccc2oc(CO)nc2c1. The molecule has 0 aliphatic rings. The Kier molecular flexibility index (Phi) is 2.39. The number of fused-ring (bicyclic) bond motifs is 1. The molecule has 5 heteroatoms. The van der Waals surface area contributed by atoms with Gasteiger partial charge in [0.25, 0.3) is 0 Å². The van der Waals surface area contributed by atoms with Crippen LogP contribution in [-0.2, 0) is 17.8 Å². The number of carboxylic acids is 1. The molecule has 0 radical (unpaired) electrons. The van der Waals surface area contributed by atoms with Gasteiger partial charge in [-0.25, -0.2) is 4.98 Å². The summed E-state index contributed by atoms with van der Waals surface area (Å²) in [6.07, 6.45) is -0.0444. The van der Waals surface area contributed by atoms with Gasteiger partial charge in [0.1, 0.15) is 12.1 Å². The van der Waals surface area contributed by atoms with Crippen LogP contribution < -0.4 is 0 Å². The molecule has 0 bridgehead atoms. The van der Waals surface area contributed by atoms with E-state index in [4.69, 9.17) is 14.6 Å². The zero-order chi connectivity index (χ0) is 10.8. The van der Waals surface area contributed by atoms with Crippen LogP contribution in [0.1, 0.15) is 11.5 Å². The summed E-state index contributed by atoms with van der Waals surface area (Å²) < 4.78 is 5.17.